The molecule has 134 valence electrons. The van der Waals surface area contributed by atoms with Gasteiger partial charge in [-0.25, -0.2) is 4.79 Å². The number of nitrogens with one attached hydrogen (secondary N) is 1. The Kier molecular flexibility index (Phi) is 5.06. The van der Waals surface area contributed by atoms with Crippen molar-refractivity contribution in [3.8, 4) is 0 Å². The van der Waals surface area contributed by atoms with Gasteiger partial charge in [0.2, 0.25) is 0 Å². The molecule has 1 aliphatic heterocycles. The zero-order chi connectivity index (χ0) is 18.0. The molecule has 2 atom stereocenters. The summed E-state index contributed by atoms with van der Waals surface area (Å²) in [5.74, 6) is -1.14. The first-order valence-electron chi connectivity index (χ1n) is 8.17. The first kappa shape index (κ1) is 17.4. The standard InChI is InChI=1S/C18H21NO6/c1-10-3-4-14-12(7-10)11(2)17(25-14)18(22)19-13-8-23-6-5-15(13)24-9-16(20)21/h3-4,7,13,15H,5-6,8-9H2,1-2H3,(H,19,22)(H,20,21)/t13-,15+/m1/s1. The second-order valence-corrected chi connectivity index (χ2v) is 6.24. The Morgan fingerprint density at radius 3 is 2.92 bits per heavy atom. The number of carbonyl (C=O) groups is 2. The van der Waals surface area contributed by atoms with Crippen molar-refractivity contribution in [1.82, 2.24) is 5.32 Å². The highest BCUT2D eigenvalue weighted by atomic mass is 16.5. The molecule has 0 spiro atoms. The molecule has 1 amide bonds. The van der Waals surface area contributed by atoms with E-state index in [0.717, 1.165) is 16.5 Å². The smallest absolute Gasteiger partial charge is 0.329 e. The van der Waals surface area contributed by atoms with Crippen LogP contribution in [0, 0.1) is 13.8 Å². The van der Waals surface area contributed by atoms with Gasteiger partial charge in [-0.2, -0.15) is 0 Å². The highest BCUT2D eigenvalue weighted by molar-refractivity contribution is 5.99. The van der Waals surface area contributed by atoms with Crippen LogP contribution in [0.1, 0.15) is 28.1 Å². The van der Waals surface area contributed by atoms with Crippen LogP contribution in [0.4, 0.5) is 0 Å². The zero-order valence-corrected chi connectivity index (χ0v) is 14.2. The lowest BCUT2D eigenvalue weighted by atomic mass is 10.1. The van der Waals surface area contributed by atoms with Gasteiger partial charge in [-0.3, -0.25) is 4.79 Å². The summed E-state index contributed by atoms with van der Waals surface area (Å²) in [5, 5.41) is 12.5. The molecule has 1 aromatic heterocycles. The molecule has 1 aromatic carbocycles. The summed E-state index contributed by atoms with van der Waals surface area (Å²) in [6, 6.07) is 5.33. The van der Waals surface area contributed by atoms with Crippen LogP contribution in [0.3, 0.4) is 0 Å². The Bertz CT molecular complexity index is 796. The number of aryl methyl sites for hydroxylation is 2. The Balaban J connectivity index is 1.76. The second kappa shape index (κ2) is 7.25. The van der Waals surface area contributed by atoms with E-state index in [4.69, 9.17) is 19.0 Å². The Morgan fingerprint density at radius 2 is 2.16 bits per heavy atom. The summed E-state index contributed by atoms with van der Waals surface area (Å²) in [7, 11) is 0. The van der Waals surface area contributed by atoms with Gasteiger partial charge in [0.05, 0.1) is 18.8 Å². The van der Waals surface area contributed by atoms with Crippen LogP contribution >= 0.6 is 0 Å². The lowest BCUT2D eigenvalue weighted by molar-refractivity contribution is -0.147. The van der Waals surface area contributed by atoms with Gasteiger partial charge in [0, 0.05) is 17.6 Å². The number of hydrogen-bond donors (Lipinski definition) is 2. The largest absolute Gasteiger partial charge is 0.480 e. The van der Waals surface area contributed by atoms with Crippen molar-refractivity contribution < 1.29 is 28.6 Å². The van der Waals surface area contributed by atoms with Crippen LogP contribution in [0.2, 0.25) is 0 Å². The molecule has 0 saturated carbocycles. The van der Waals surface area contributed by atoms with Gasteiger partial charge in [0.25, 0.3) is 5.91 Å². The van der Waals surface area contributed by atoms with E-state index < -0.39 is 24.7 Å². The fourth-order valence-corrected chi connectivity index (χ4v) is 3.02. The van der Waals surface area contributed by atoms with Crippen molar-refractivity contribution in [3.05, 3.63) is 35.1 Å². The van der Waals surface area contributed by atoms with Gasteiger partial charge in [-0.15, -0.1) is 0 Å². The van der Waals surface area contributed by atoms with Gasteiger partial charge in [0.15, 0.2) is 5.76 Å². The molecule has 0 unspecified atom stereocenters. The molecule has 0 aliphatic carbocycles. The minimum absolute atomic E-state index is 0.253. The average Bonchev–Trinajstić information content (AvgIpc) is 2.90. The van der Waals surface area contributed by atoms with Crippen LogP contribution in [0.15, 0.2) is 22.6 Å². The van der Waals surface area contributed by atoms with Crippen molar-refractivity contribution >= 4 is 22.8 Å². The number of benzene rings is 1. The maximum Gasteiger partial charge on any atom is 0.329 e. The van der Waals surface area contributed by atoms with Crippen LogP contribution in [-0.4, -0.2) is 48.9 Å². The fourth-order valence-electron chi connectivity index (χ4n) is 3.02. The molecule has 1 saturated heterocycles. The summed E-state index contributed by atoms with van der Waals surface area (Å²) in [6.07, 6.45) is 0.122. The van der Waals surface area contributed by atoms with Crippen molar-refractivity contribution in [1.29, 1.82) is 0 Å². The van der Waals surface area contributed by atoms with Gasteiger partial charge in [0.1, 0.15) is 12.2 Å². The summed E-state index contributed by atoms with van der Waals surface area (Å²) < 4.78 is 16.5. The number of carboxylic acids is 1. The predicted molar refractivity (Wildman–Crippen MR) is 89.8 cm³/mol. The minimum Gasteiger partial charge on any atom is -0.480 e. The Labute approximate surface area is 144 Å². The number of carbonyl (C=O) groups excluding carboxylic acids is 1. The number of furan rings is 1. The molecule has 25 heavy (non-hydrogen) atoms. The first-order valence-corrected chi connectivity index (χ1v) is 8.17. The molecular formula is C18H21NO6. The van der Waals surface area contributed by atoms with E-state index >= 15 is 0 Å². The molecule has 2 aromatic rings. The van der Waals surface area contributed by atoms with Crippen molar-refractivity contribution in [2.45, 2.75) is 32.4 Å². The monoisotopic (exact) mass is 347 g/mol. The first-order chi connectivity index (χ1) is 12.0. The van der Waals surface area contributed by atoms with Gasteiger partial charge in [-0.1, -0.05) is 11.6 Å². The van der Waals surface area contributed by atoms with E-state index in [1.165, 1.54) is 0 Å². The number of aliphatic carboxylic acids is 1. The molecule has 2 N–H and O–H groups in total. The maximum absolute atomic E-state index is 12.6. The molecule has 2 heterocycles. The zero-order valence-electron chi connectivity index (χ0n) is 14.2. The van der Waals surface area contributed by atoms with E-state index in [1.54, 1.807) is 0 Å². The lowest BCUT2D eigenvalue weighted by Gasteiger charge is -2.31. The maximum atomic E-state index is 12.6. The number of fused-ring (bicyclic) bond motifs is 1. The SMILES string of the molecule is Cc1ccc2oc(C(=O)N[C@@H]3COCC[C@@H]3OCC(=O)O)c(C)c2c1. The third kappa shape index (κ3) is 3.83. The van der Waals surface area contributed by atoms with Crippen molar-refractivity contribution in [3.63, 3.8) is 0 Å². The van der Waals surface area contributed by atoms with Crippen molar-refractivity contribution in [2.24, 2.45) is 0 Å². The van der Waals surface area contributed by atoms with Crippen LogP contribution in [0.25, 0.3) is 11.0 Å². The molecule has 0 radical (unpaired) electrons. The summed E-state index contributed by atoms with van der Waals surface area (Å²) in [4.78, 5) is 23.3. The van der Waals surface area contributed by atoms with Gasteiger partial charge >= 0.3 is 5.97 Å². The summed E-state index contributed by atoms with van der Waals surface area (Å²) in [6.45, 7) is 4.17. The third-order valence-corrected chi connectivity index (χ3v) is 4.33. The molecule has 7 nitrogen and oxygen atoms in total. The highest BCUT2D eigenvalue weighted by Gasteiger charge is 2.30. The van der Waals surface area contributed by atoms with E-state index in [-0.39, 0.29) is 18.3 Å². The van der Waals surface area contributed by atoms with Crippen molar-refractivity contribution in [2.75, 3.05) is 19.8 Å². The molecular weight excluding hydrogens is 326 g/mol. The molecule has 7 heteroatoms. The number of carboxylic acid groups (broad SMARTS) is 1. The molecule has 1 fully saturated rings. The second-order valence-electron chi connectivity index (χ2n) is 6.24. The molecule has 3 rings (SSSR count). The van der Waals surface area contributed by atoms with Gasteiger partial charge < -0.3 is 24.3 Å². The number of amides is 1. The normalized spacial score (nSPS) is 20.6. The molecule has 1 aliphatic rings. The summed E-state index contributed by atoms with van der Waals surface area (Å²) in [5.41, 5.74) is 2.52. The van der Waals surface area contributed by atoms with E-state index in [1.807, 2.05) is 32.0 Å². The Morgan fingerprint density at radius 1 is 1.36 bits per heavy atom. The number of hydrogen-bond acceptors (Lipinski definition) is 5. The van der Waals surface area contributed by atoms with E-state index in [0.29, 0.717) is 18.6 Å². The van der Waals surface area contributed by atoms with E-state index in [2.05, 4.69) is 5.32 Å². The molecule has 0 bridgehead atoms. The lowest BCUT2D eigenvalue weighted by Crippen LogP contribution is -2.51. The third-order valence-electron chi connectivity index (χ3n) is 4.33. The quantitative estimate of drug-likeness (QED) is 0.859. The minimum atomic E-state index is -1.04. The van der Waals surface area contributed by atoms with E-state index in [9.17, 15) is 9.59 Å². The fraction of sp³-hybridized carbons (Fsp3) is 0.444. The Hall–Kier alpha value is -2.38. The number of ether oxygens (including phenoxy) is 2. The highest BCUT2D eigenvalue weighted by Crippen LogP contribution is 2.26. The van der Waals surface area contributed by atoms with Crippen LogP contribution < -0.4 is 5.32 Å². The average molecular weight is 347 g/mol. The number of rotatable bonds is 5. The van der Waals surface area contributed by atoms with Gasteiger partial charge in [-0.05, 0) is 32.4 Å². The predicted octanol–water partition coefficient (Wildman–Crippen LogP) is 2.04. The topological polar surface area (TPSA) is 98.0 Å². The van der Waals surface area contributed by atoms with Crippen LogP contribution in [0.5, 0.6) is 0 Å². The summed E-state index contributed by atoms with van der Waals surface area (Å²) >= 11 is 0. The van der Waals surface area contributed by atoms with Crippen LogP contribution in [-0.2, 0) is 14.3 Å².